The highest BCUT2D eigenvalue weighted by Gasteiger charge is 2.52. The van der Waals surface area contributed by atoms with Crippen LogP contribution < -0.4 is 10.6 Å². The van der Waals surface area contributed by atoms with Gasteiger partial charge in [0, 0.05) is 72.8 Å². The number of halogens is 2. The molecule has 1 saturated heterocycles. The molecule has 0 bridgehead atoms. The van der Waals surface area contributed by atoms with Crippen molar-refractivity contribution >= 4 is 46.6 Å². The summed E-state index contributed by atoms with van der Waals surface area (Å²) in [5.41, 5.74) is 0.842. The standard InChI is InChI=1S/C29H34Cl2N4O3/c1-20(36)34-12-14-35(15-13-34)26(37)19-28(10-3-2-4-11-28)33-29(18-21-6-5-7-22(30)16-21)24-9-8-23(31)17-25(24)32-27(29)38/h5-9,16-17,33H,2-4,10-15,18-19H2,1H3,(H,32,38). The molecule has 2 aliphatic heterocycles. The van der Waals surface area contributed by atoms with Crippen LogP contribution >= 0.6 is 23.2 Å². The Hall–Kier alpha value is -2.61. The summed E-state index contributed by atoms with van der Waals surface area (Å²) in [6.45, 7) is 3.73. The number of anilines is 1. The molecule has 0 radical (unpaired) electrons. The molecule has 0 aromatic heterocycles. The molecular weight excluding hydrogens is 523 g/mol. The number of benzene rings is 2. The minimum absolute atomic E-state index is 0.0384. The highest BCUT2D eigenvalue weighted by molar-refractivity contribution is 6.31. The van der Waals surface area contributed by atoms with E-state index in [4.69, 9.17) is 23.2 Å². The van der Waals surface area contributed by atoms with Crippen LogP contribution in [0.5, 0.6) is 0 Å². The van der Waals surface area contributed by atoms with E-state index in [0.29, 0.717) is 54.8 Å². The molecule has 3 aliphatic rings. The fraction of sp³-hybridized carbons (Fsp3) is 0.483. The lowest BCUT2D eigenvalue weighted by Crippen LogP contribution is -2.62. The highest BCUT2D eigenvalue weighted by atomic mass is 35.5. The molecule has 1 aliphatic carbocycles. The summed E-state index contributed by atoms with van der Waals surface area (Å²) < 4.78 is 0. The molecule has 2 fully saturated rings. The maximum absolute atomic E-state index is 13.9. The van der Waals surface area contributed by atoms with E-state index in [1.54, 1.807) is 17.9 Å². The van der Waals surface area contributed by atoms with Crippen molar-refractivity contribution < 1.29 is 14.4 Å². The average Bonchev–Trinajstić information content (AvgIpc) is 3.13. The molecule has 5 rings (SSSR count). The molecule has 3 amide bonds. The van der Waals surface area contributed by atoms with Crippen molar-refractivity contribution in [3.05, 3.63) is 63.6 Å². The first-order chi connectivity index (χ1) is 18.2. The fourth-order valence-corrected chi connectivity index (χ4v) is 6.72. The van der Waals surface area contributed by atoms with Gasteiger partial charge in [0.15, 0.2) is 0 Å². The SMILES string of the molecule is CC(=O)N1CCN(C(=O)CC2(NC3(Cc4cccc(Cl)c4)C(=O)Nc4cc(Cl)ccc43)CCCCC2)CC1. The Balaban J connectivity index is 1.48. The number of carbonyl (C=O) groups is 3. The largest absolute Gasteiger partial charge is 0.339 e. The van der Waals surface area contributed by atoms with Gasteiger partial charge in [0.1, 0.15) is 5.54 Å². The number of rotatable bonds is 6. The lowest BCUT2D eigenvalue weighted by Gasteiger charge is -2.46. The Labute approximate surface area is 233 Å². The number of carbonyl (C=O) groups excluding carboxylic acids is 3. The fourth-order valence-electron chi connectivity index (χ4n) is 6.34. The smallest absolute Gasteiger partial charge is 0.249 e. The van der Waals surface area contributed by atoms with Gasteiger partial charge in [-0.1, -0.05) is 60.7 Å². The number of nitrogens with zero attached hydrogens (tertiary/aromatic N) is 2. The van der Waals surface area contributed by atoms with Crippen LogP contribution in [0.4, 0.5) is 5.69 Å². The number of amides is 3. The molecule has 7 nitrogen and oxygen atoms in total. The molecule has 202 valence electrons. The summed E-state index contributed by atoms with van der Waals surface area (Å²) in [6.07, 6.45) is 5.39. The Morgan fingerprint density at radius 1 is 0.947 bits per heavy atom. The normalized spacial score (nSPS) is 22.7. The molecular formula is C29H34Cl2N4O3. The molecule has 2 aromatic carbocycles. The molecule has 2 heterocycles. The molecule has 38 heavy (non-hydrogen) atoms. The minimum atomic E-state index is -1.07. The van der Waals surface area contributed by atoms with Crippen LogP contribution in [-0.2, 0) is 26.3 Å². The van der Waals surface area contributed by atoms with E-state index in [9.17, 15) is 14.4 Å². The van der Waals surface area contributed by atoms with Crippen LogP contribution in [0.2, 0.25) is 10.0 Å². The Bertz CT molecular complexity index is 1240. The summed E-state index contributed by atoms with van der Waals surface area (Å²) in [5, 5.41) is 8.04. The first kappa shape index (κ1) is 27.0. The van der Waals surface area contributed by atoms with Crippen molar-refractivity contribution in [3.63, 3.8) is 0 Å². The van der Waals surface area contributed by atoms with Crippen LogP contribution in [-0.4, -0.2) is 59.2 Å². The Kier molecular flexibility index (Phi) is 7.72. The van der Waals surface area contributed by atoms with E-state index in [1.807, 2.05) is 41.3 Å². The molecule has 1 atom stereocenters. The zero-order valence-corrected chi connectivity index (χ0v) is 23.2. The van der Waals surface area contributed by atoms with Gasteiger partial charge in [0.25, 0.3) is 0 Å². The monoisotopic (exact) mass is 556 g/mol. The van der Waals surface area contributed by atoms with Crippen LogP contribution in [0, 0.1) is 0 Å². The van der Waals surface area contributed by atoms with Gasteiger partial charge >= 0.3 is 0 Å². The van der Waals surface area contributed by atoms with E-state index < -0.39 is 11.1 Å². The topological polar surface area (TPSA) is 81.8 Å². The van der Waals surface area contributed by atoms with Gasteiger partial charge in [-0.15, -0.1) is 0 Å². The third kappa shape index (κ3) is 5.42. The predicted octanol–water partition coefficient (Wildman–Crippen LogP) is 4.76. The summed E-state index contributed by atoms with van der Waals surface area (Å²) in [6, 6.07) is 13.1. The van der Waals surface area contributed by atoms with Gasteiger partial charge < -0.3 is 15.1 Å². The van der Waals surface area contributed by atoms with Gasteiger partial charge in [-0.25, -0.2) is 0 Å². The summed E-state index contributed by atoms with van der Waals surface area (Å²) in [7, 11) is 0. The van der Waals surface area contributed by atoms with E-state index >= 15 is 0 Å². The van der Waals surface area contributed by atoms with E-state index in [-0.39, 0.29) is 17.7 Å². The maximum atomic E-state index is 13.9. The molecule has 2 aromatic rings. The van der Waals surface area contributed by atoms with Gasteiger partial charge in [0.05, 0.1) is 0 Å². The van der Waals surface area contributed by atoms with E-state index in [0.717, 1.165) is 43.2 Å². The van der Waals surface area contributed by atoms with Gasteiger partial charge in [-0.3, -0.25) is 19.7 Å². The number of fused-ring (bicyclic) bond motifs is 1. The second-order valence-electron chi connectivity index (χ2n) is 10.9. The van der Waals surface area contributed by atoms with Crippen LogP contribution in [0.1, 0.15) is 56.6 Å². The molecule has 1 saturated carbocycles. The lowest BCUT2D eigenvalue weighted by atomic mass is 9.74. The third-order valence-corrected chi connectivity index (χ3v) is 8.76. The first-order valence-corrected chi connectivity index (χ1v) is 14.1. The highest BCUT2D eigenvalue weighted by Crippen LogP contribution is 2.44. The van der Waals surface area contributed by atoms with Crippen molar-refractivity contribution in [3.8, 4) is 0 Å². The number of piperazine rings is 1. The van der Waals surface area contributed by atoms with Crippen molar-refractivity contribution in [1.29, 1.82) is 0 Å². The molecule has 2 N–H and O–H groups in total. The second-order valence-corrected chi connectivity index (χ2v) is 11.8. The minimum Gasteiger partial charge on any atom is -0.339 e. The van der Waals surface area contributed by atoms with E-state index in [1.165, 1.54) is 0 Å². The van der Waals surface area contributed by atoms with Crippen LogP contribution in [0.25, 0.3) is 0 Å². The van der Waals surface area contributed by atoms with Gasteiger partial charge in [-0.05, 0) is 42.7 Å². The first-order valence-electron chi connectivity index (χ1n) is 13.4. The number of hydrogen-bond acceptors (Lipinski definition) is 4. The second kappa shape index (κ2) is 10.9. The number of nitrogens with one attached hydrogen (secondary N) is 2. The van der Waals surface area contributed by atoms with Gasteiger partial charge in [0.2, 0.25) is 17.7 Å². The molecule has 1 unspecified atom stereocenters. The summed E-state index contributed by atoms with van der Waals surface area (Å²) in [5.74, 6) is -0.0473. The summed E-state index contributed by atoms with van der Waals surface area (Å²) >= 11 is 12.6. The lowest BCUT2D eigenvalue weighted by molar-refractivity contribution is -0.140. The zero-order valence-electron chi connectivity index (χ0n) is 21.7. The Morgan fingerprint density at radius 3 is 2.32 bits per heavy atom. The third-order valence-electron chi connectivity index (χ3n) is 8.29. The van der Waals surface area contributed by atoms with E-state index in [2.05, 4.69) is 10.6 Å². The molecule has 9 heteroatoms. The van der Waals surface area contributed by atoms with Crippen LogP contribution in [0.15, 0.2) is 42.5 Å². The summed E-state index contributed by atoms with van der Waals surface area (Å²) in [4.78, 5) is 42.9. The van der Waals surface area contributed by atoms with Gasteiger partial charge in [-0.2, -0.15) is 0 Å². The van der Waals surface area contributed by atoms with Crippen molar-refractivity contribution in [2.45, 2.75) is 62.9 Å². The average molecular weight is 558 g/mol. The van der Waals surface area contributed by atoms with Crippen molar-refractivity contribution in [2.24, 2.45) is 0 Å². The quantitative estimate of drug-likeness (QED) is 0.537. The van der Waals surface area contributed by atoms with Crippen molar-refractivity contribution in [1.82, 2.24) is 15.1 Å². The predicted molar refractivity (Wildman–Crippen MR) is 149 cm³/mol. The Morgan fingerprint density at radius 2 is 1.63 bits per heavy atom. The number of hydrogen-bond donors (Lipinski definition) is 2. The van der Waals surface area contributed by atoms with Crippen molar-refractivity contribution in [2.75, 3.05) is 31.5 Å². The molecule has 0 spiro atoms. The van der Waals surface area contributed by atoms with Crippen LogP contribution in [0.3, 0.4) is 0 Å². The zero-order chi connectivity index (χ0) is 26.9. The maximum Gasteiger partial charge on any atom is 0.249 e.